The normalized spacial score (nSPS) is 13.6. The van der Waals surface area contributed by atoms with Crippen molar-refractivity contribution in [2.75, 3.05) is 5.32 Å². The van der Waals surface area contributed by atoms with Gasteiger partial charge >= 0.3 is 29.9 Å². The highest BCUT2D eigenvalue weighted by atomic mass is 19.4. The van der Waals surface area contributed by atoms with Crippen LogP contribution in [0.1, 0.15) is 25.3 Å². The van der Waals surface area contributed by atoms with Crippen molar-refractivity contribution in [2.24, 2.45) is 0 Å². The van der Waals surface area contributed by atoms with E-state index in [0.29, 0.717) is 6.42 Å². The second-order valence-electron chi connectivity index (χ2n) is 5.48. The molecule has 0 aliphatic rings. The maximum absolute atomic E-state index is 13.4. The average Bonchev–Trinajstić information content (AvgIpc) is 2.52. The minimum Gasteiger partial charge on any atom is -0.321 e. The Morgan fingerprint density at radius 3 is 1.81 bits per heavy atom. The summed E-state index contributed by atoms with van der Waals surface area (Å²) in [6.45, 7) is 1.91. The van der Waals surface area contributed by atoms with Crippen LogP contribution in [0.3, 0.4) is 0 Å². The summed E-state index contributed by atoms with van der Waals surface area (Å²) >= 11 is 0. The second-order valence-corrected chi connectivity index (χ2v) is 5.48. The monoisotopic (exact) mass is 395 g/mol. The Morgan fingerprint density at radius 2 is 1.38 bits per heavy atom. The molecule has 1 N–H and O–H groups in total. The number of nitrogens with one attached hydrogen (secondary N) is 1. The van der Waals surface area contributed by atoms with Gasteiger partial charge in [-0.1, -0.05) is 25.5 Å². The average molecular weight is 395 g/mol. The van der Waals surface area contributed by atoms with Crippen LogP contribution in [-0.4, -0.2) is 29.9 Å². The van der Waals surface area contributed by atoms with Gasteiger partial charge in [0.1, 0.15) is 0 Å². The van der Waals surface area contributed by atoms with Gasteiger partial charge in [-0.2, -0.15) is 39.5 Å². The first-order valence-electron chi connectivity index (χ1n) is 7.29. The van der Waals surface area contributed by atoms with Crippen LogP contribution in [0.5, 0.6) is 0 Å². The summed E-state index contributed by atoms with van der Waals surface area (Å²) in [6.07, 6.45) is -4.71. The van der Waals surface area contributed by atoms with Crippen molar-refractivity contribution in [3.8, 4) is 0 Å². The van der Waals surface area contributed by atoms with Crippen molar-refractivity contribution < 1.29 is 44.3 Å². The molecule has 0 radical (unpaired) electrons. The predicted molar refractivity (Wildman–Crippen MR) is 74.6 cm³/mol. The van der Waals surface area contributed by atoms with E-state index in [1.165, 1.54) is 17.4 Å². The number of aryl methyl sites for hydroxylation is 1. The molecule has 1 aromatic carbocycles. The lowest BCUT2D eigenvalue weighted by Crippen LogP contribution is -2.64. The number of rotatable bonds is 7. The van der Waals surface area contributed by atoms with Gasteiger partial charge in [0.05, 0.1) is 0 Å². The van der Waals surface area contributed by atoms with Crippen molar-refractivity contribution in [3.05, 3.63) is 29.8 Å². The van der Waals surface area contributed by atoms with E-state index >= 15 is 0 Å². The number of halogens is 9. The van der Waals surface area contributed by atoms with E-state index in [-0.39, 0.29) is 0 Å². The van der Waals surface area contributed by atoms with E-state index in [1.807, 2.05) is 6.92 Å². The Balaban J connectivity index is 3.00. The van der Waals surface area contributed by atoms with Crippen molar-refractivity contribution in [1.29, 1.82) is 0 Å². The van der Waals surface area contributed by atoms with Gasteiger partial charge in [0.15, 0.2) is 0 Å². The zero-order chi connectivity index (χ0) is 20.4. The molecule has 0 saturated heterocycles. The number of carbonyl (C=O) groups is 1. The maximum Gasteiger partial charge on any atom is 0.460 e. The van der Waals surface area contributed by atoms with E-state index in [9.17, 15) is 44.3 Å². The number of anilines is 1. The third kappa shape index (κ3) is 4.07. The van der Waals surface area contributed by atoms with Crippen LogP contribution in [0.4, 0.5) is 45.2 Å². The van der Waals surface area contributed by atoms with Gasteiger partial charge in [0, 0.05) is 5.69 Å². The lowest BCUT2D eigenvalue weighted by Gasteiger charge is -2.32. The molecule has 1 amide bonds. The Hall–Kier alpha value is -1.94. The minimum absolute atomic E-state index is 0.457. The van der Waals surface area contributed by atoms with Gasteiger partial charge in [-0.05, 0) is 30.5 Å². The number of unbranched alkanes of at least 4 members (excludes halogenated alkanes) is 1. The molecule has 0 bridgehead atoms. The van der Waals surface area contributed by atoms with Crippen LogP contribution >= 0.6 is 0 Å². The topological polar surface area (TPSA) is 29.1 Å². The molecule has 0 aromatic heterocycles. The predicted octanol–water partition coefficient (Wildman–Crippen LogP) is 5.44. The molecule has 0 spiro atoms. The van der Waals surface area contributed by atoms with Gasteiger partial charge in [-0.3, -0.25) is 4.79 Å². The molecule has 0 fully saturated rings. The number of alkyl halides is 9. The lowest BCUT2D eigenvalue weighted by molar-refractivity contribution is -0.388. The molecule has 0 heterocycles. The highest BCUT2D eigenvalue weighted by Crippen LogP contribution is 2.53. The molecule has 0 atom stereocenters. The molecule has 0 aliphatic carbocycles. The third-order valence-electron chi connectivity index (χ3n) is 3.46. The fraction of sp³-hybridized carbons (Fsp3) is 0.533. The fourth-order valence-corrected chi connectivity index (χ4v) is 1.86. The van der Waals surface area contributed by atoms with Gasteiger partial charge < -0.3 is 5.32 Å². The van der Waals surface area contributed by atoms with E-state index in [2.05, 4.69) is 0 Å². The quantitative estimate of drug-likeness (QED) is 0.613. The third-order valence-corrected chi connectivity index (χ3v) is 3.46. The Labute approximate surface area is 142 Å². The van der Waals surface area contributed by atoms with Crippen molar-refractivity contribution in [1.82, 2.24) is 0 Å². The maximum atomic E-state index is 13.4. The standard InChI is InChI=1S/C15H14F9NO/c1-2-3-4-9-5-7-10(8-6-9)25-11(26)12(16,17)13(18,19)14(20,21)15(22,23)24/h5-8H,2-4H2,1H3,(H,25,26). The summed E-state index contributed by atoms with van der Waals surface area (Å²) in [4.78, 5) is 11.3. The summed E-state index contributed by atoms with van der Waals surface area (Å²) in [5.41, 5.74) is 0.270. The molecule has 1 rings (SSSR count). The highest BCUT2D eigenvalue weighted by Gasteiger charge is 2.83. The van der Waals surface area contributed by atoms with Crippen molar-refractivity contribution in [2.45, 2.75) is 50.1 Å². The Morgan fingerprint density at radius 1 is 0.885 bits per heavy atom. The zero-order valence-electron chi connectivity index (χ0n) is 13.2. The van der Waals surface area contributed by atoms with E-state index < -0.39 is 35.5 Å². The van der Waals surface area contributed by atoms with E-state index in [0.717, 1.165) is 30.5 Å². The first-order valence-corrected chi connectivity index (χ1v) is 7.29. The summed E-state index contributed by atoms with van der Waals surface area (Å²) < 4.78 is 115. The second kappa shape index (κ2) is 7.36. The SMILES string of the molecule is CCCCc1ccc(NC(=O)C(F)(F)C(F)(F)C(F)(F)C(F)(F)F)cc1. The van der Waals surface area contributed by atoms with Gasteiger partial charge in [0.25, 0.3) is 0 Å². The smallest absolute Gasteiger partial charge is 0.321 e. The molecule has 11 heteroatoms. The van der Waals surface area contributed by atoms with Crippen LogP contribution in [0.2, 0.25) is 0 Å². The molecule has 2 nitrogen and oxygen atoms in total. The van der Waals surface area contributed by atoms with Crippen molar-refractivity contribution >= 4 is 11.6 Å². The molecule has 148 valence electrons. The molecular weight excluding hydrogens is 381 g/mol. The molecule has 26 heavy (non-hydrogen) atoms. The number of amides is 1. The summed E-state index contributed by atoms with van der Waals surface area (Å²) in [7, 11) is 0. The molecule has 0 unspecified atom stereocenters. The lowest BCUT2D eigenvalue weighted by atomic mass is 10.0. The van der Waals surface area contributed by atoms with Crippen LogP contribution < -0.4 is 5.32 Å². The largest absolute Gasteiger partial charge is 0.460 e. The van der Waals surface area contributed by atoms with Crippen LogP contribution in [0, 0.1) is 0 Å². The highest BCUT2D eigenvalue weighted by molar-refractivity contribution is 5.97. The number of hydrogen-bond donors (Lipinski definition) is 1. The van der Waals surface area contributed by atoms with Crippen LogP contribution in [-0.2, 0) is 11.2 Å². The fourth-order valence-electron chi connectivity index (χ4n) is 1.86. The van der Waals surface area contributed by atoms with Crippen LogP contribution in [0.15, 0.2) is 24.3 Å². The number of benzene rings is 1. The molecule has 0 aliphatic heterocycles. The molecular formula is C15H14F9NO. The van der Waals surface area contributed by atoms with E-state index in [1.54, 1.807) is 0 Å². The minimum atomic E-state index is -7.11. The molecule has 0 saturated carbocycles. The summed E-state index contributed by atoms with van der Waals surface area (Å²) in [5.74, 6) is -23.4. The van der Waals surface area contributed by atoms with E-state index in [4.69, 9.17) is 0 Å². The van der Waals surface area contributed by atoms with Gasteiger partial charge in [-0.25, -0.2) is 0 Å². The first-order chi connectivity index (χ1) is 11.7. The first kappa shape index (κ1) is 22.1. The van der Waals surface area contributed by atoms with Crippen molar-refractivity contribution in [3.63, 3.8) is 0 Å². The Bertz CT molecular complexity index is 623. The van der Waals surface area contributed by atoms with Crippen LogP contribution in [0.25, 0.3) is 0 Å². The summed E-state index contributed by atoms with van der Waals surface area (Å²) in [6, 6.07) is 4.82. The van der Waals surface area contributed by atoms with Gasteiger partial charge in [0.2, 0.25) is 0 Å². The number of carbonyl (C=O) groups excluding carboxylic acids is 1. The summed E-state index contributed by atoms with van der Waals surface area (Å²) in [5, 5.41) is 1.23. The van der Waals surface area contributed by atoms with Gasteiger partial charge in [-0.15, -0.1) is 0 Å². The molecule has 1 aromatic rings. The zero-order valence-corrected chi connectivity index (χ0v) is 13.2. The number of hydrogen-bond acceptors (Lipinski definition) is 1. The Kier molecular flexibility index (Phi) is 6.25.